The largest absolute Gasteiger partial charge is 0.486 e. The van der Waals surface area contributed by atoms with Crippen molar-refractivity contribution in [2.75, 3.05) is 0 Å². The second-order valence-electron chi connectivity index (χ2n) is 4.71. The normalized spacial score (nSPS) is 11.1. The number of ether oxygens (including phenoxy) is 1. The van der Waals surface area contributed by atoms with Crippen LogP contribution in [0.1, 0.15) is 5.82 Å². The molecule has 0 aliphatic rings. The molecular weight excluding hydrogens is 302 g/mol. The Bertz CT molecular complexity index is 1010. The SMILES string of the molecule is O=[N+]([O-])c1ccc(OCc2nc3c4cn[nH]c4ncn3n2)cc1. The minimum absolute atomic E-state index is 0.0108. The van der Waals surface area contributed by atoms with Crippen LogP contribution in [0.3, 0.4) is 0 Å². The van der Waals surface area contributed by atoms with Crippen LogP contribution in [0.2, 0.25) is 0 Å². The van der Waals surface area contributed by atoms with Crippen molar-refractivity contribution < 1.29 is 9.66 Å². The molecule has 0 radical (unpaired) electrons. The molecule has 1 aromatic carbocycles. The average molecular weight is 311 g/mol. The standard InChI is InChI=1S/C13H9N7O3/c21-20(22)8-1-3-9(4-2-8)23-6-11-16-13-10-5-15-17-12(10)14-7-19(13)18-11/h1-5,7H,6H2,(H,15,17). The number of nitro benzene ring substituents is 1. The van der Waals surface area contributed by atoms with E-state index in [1.165, 1.54) is 30.6 Å². The van der Waals surface area contributed by atoms with Gasteiger partial charge in [0.25, 0.3) is 5.69 Å². The molecule has 10 nitrogen and oxygen atoms in total. The molecule has 0 aliphatic carbocycles. The van der Waals surface area contributed by atoms with E-state index in [9.17, 15) is 10.1 Å². The fourth-order valence-electron chi connectivity index (χ4n) is 2.16. The third-order valence-corrected chi connectivity index (χ3v) is 3.25. The van der Waals surface area contributed by atoms with Gasteiger partial charge in [-0.25, -0.2) is 14.5 Å². The third kappa shape index (κ3) is 2.31. The van der Waals surface area contributed by atoms with Gasteiger partial charge in [-0.05, 0) is 12.1 Å². The molecule has 23 heavy (non-hydrogen) atoms. The summed E-state index contributed by atoms with van der Waals surface area (Å²) < 4.78 is 7.09. The molecule has 4 aromatic rings. The second-order valence-corrected chi connectivity index (χ2v) is 4.71. The van der Waals surface area contributed by atoms with Crippen LogP contribution in [0.25, 0.3) is 16.7 Å². The lowest BCUT2D eigenvalue weighted by atomic mass is 10.3. The molecule has 0 atom stereocenters. The highest BCUT2D eigenvalue weighted by Crippen LogP contribution is 2.18. The molecule has 0 unspecified atom stereocenters. The summed E-state index contributed by atoms with van der Waals surface area (Å²) in [4.78, 5) is 18.7. The van der Waals surface area contributed by atoms with Crippen LogP contribution < -0.4 is 4.74 Å². The minimum Gasteiger partial charge on any atom is -0.486 e. The zero-order chi connectivity index (χ0) is 15.8. The van der Waals surface area contributed by atoms with Gasteiger partial charge >= 0.3 is 0 Å². The Labute approximate surface area is 127 Å². The number of hydrogen-bond acceptors (Lipinski definition) is 7. The highest BCUT2D eigenvalue weighted by atomic mass is 16.6. The summed E-state index contributed by atoms with van der Waals surface area (Å²) in [5, 5.41) is 22.3. The quantitative estimate of drug-likeness (QED) is 0.447. The van der Waals surface area contributed by atoms with E-state index >= 15 is 0 Å². The summed E-state index contributed by atoms with van der Waals surface area (Å²) in [6.07, 6.45) is 3.17. The Hall–Kier alpha value is -3.56. The Morgan fingerprint density at radius 3 is 2.91 bits per heavy atom. The number of nitro groups is 1. The lowest BCUT2D eigenvalue weighted by molar-refractivity contribution is -0.384. The van der Waals surface area contributed by atoms with Gasteiger partial charge in [0, 0.05) is 12.1 Å². The summed E-state index contributed by atoms with van der Waals surface area (Å²) in [7, 11) is 0. The first-order chi connectivity index (χ1) is 11.2. The molecule has 0 saturated carbocycles. The second kappa shape index (κ2) is 5.02. The predicted octanol–water partition coefficient (Wildman–Crippen LogP) is 1.49. The molecule has 4 rings (SSSR count). The Kier molecular flexibility index (Phi) is 2.86. The van der Waals surface area contributed by atoms with E-state index < -0.39 is 4.92 Å². The fraction of sp³-hybridized carbons (Fsp3) is 0.0769. The smallest absolute Gasteiger partial charge is 0.269 e. The van der Waals surface area contributed by atoms with Crippen molar-refractivity contribution in [2.24, 2.45) is 0 Å². The number of nitrogens with one attached hydrogen (secondary N) is 1. The Morgan fingerprint density at radius 1 is 1.30 bits per heavy atom. The topological polar surface area (TPSA) is 124 Å². The molecule has 0 amide bonds. The zero-order valence-corrected chi connectivity index (χ0v) is 11.6. The van der Waals surface area contributed by atoms with E-state index in [0.717, 1.165) is 5.39 Å². The molecule has 0 saturated heterocycles. The van der Waals surface area contributed by atoms with Crippen molar-refractivity contribution in [2.45, 2.75) is 6.61 Å². The van der Waals surface area contributed by atoms with Crippen molar-refractivity contribution in [1.29, 1.82) is 0 Å². The highest BCUT2D eigenvalue weighted by molar-refractivity contribution is 5.87. The maximum absolute atomic E-state index is 10.6. The molecule has 114 valence electrons. The van der Waals surface area contributed by atoms with E-state index in [1.807, 2.05) is 0 Å². The molecule has 10 heteroatoms. The molecule has 3 heterocycles. The Balaban J connectivity index is 1.56. The molecule has 0 spiro atoms. The van der Waals surface area contributed by atoms with E-state index in [4.69, 9.17) is 4.74 Å². The first-order valence-electron chi connectivity index (χ1n) is 6.61. The first kappa shape index (κ1) is 13.1. The predicted molar refractivity (Wildman–Crippen MR) is 77.9 cm³/mol. The zero-order valence-electron chi connectivity index (χ0n) is 11.6. The number of H-pyrrole nitrogens is 1. The van der Waals surface area contributed by atoms with E-state index in [0.29, 0.717) is 22.9 Å². The number of nitrogens with zero attached hydrogens (tertiary/aromatic N) is 6. The maximum Gasteiger partial charge on any atom is 0.269 e. The molecule has 0 fully saturated rings. The molecule has 1 N–H and O–H groups in total. The summed E-state index contributed by atoms with van der Waals surface area (Å²) in [6.45, 7) is 0.138. The number of fused-ring (bicyclic) bond motifs is 3. The molecule has 3 aromatic heterocycles. The number of rotatable bonds is 4. The number of aromatic nitrogens is 6. The third-order valence-electron chi connectivity index (χ3n) is 3.25. The van der Waals surface area contributed by atoms with E-state index in [1.54, 1.807) is 10.7 Å². The summed E-state index contributed by atoms with van der Waals surface area (Å²) in [5.41, 5.74) is 1.27. The maximum atomic E-state index is 10.6. The lowest BCUT2D eigenvalue weighted by Gasteiger charge is -2.02. The van der Waals surface area contributed by atoms with Crippen molar-refractivity contribution >= 4 is 22.4 Å². The van der Waals surface area contributed by atoms with E-state index in [-0.39, 0.29) is 12.3 Å². The van der Waals surface area contributed by atoms with Crippen molar-refractivity contribution in [3.05, 3.63) is 52.7 Å². The van der Waals surface area contributed by atoms with Crippen LogP contribution in [0.5, 0.6) is 5.75 Å². The summed E-state index contributed by atoms with van der Waals surface area (Å²) >= 11 is 0. The monoisotopic (exact) mass is 311 g/mol. The molecular formula is C13H9N7O3. The summed E-state index contributed by atoms with van der Waals surface area (Å²) in [6, 6.07) is 5.82. The van der Waals surface area contributed by atoms with Crippen molar-refractivity contribution in [3.8, 4) is 5.75 Å². The molecule has 0 aliphatic heterocycles. The number of benzene rings is 1. The van der Waals surface area contributed by atoms with Gasteiger partial charge in [-0.3, -0.25) is 15.2 Å². The van der Waals surface area contributed by atoms with Gasteiger partial charge in [0.05, 0.1) is 16.5 Å². The average Bonchev–Trinajstić information content (AvgIpc) is 3.18. The van der Waals surface area contributed by atoms with Crippen LogP contribution in [0, 0.1) is 10.1 Å². The van der Waals surface area contributed by atoms with Crippen LogP contribution in [-0.2, 0) is 6.61 Å². The van der Waals surface area contributed by atoms with Gasteiger partial charge in [0.2, 0.25) is 0 Å². The number of aromatic amines is 1. The number of hydrogen-bond donors (Lipinski definition) is 1. The van der Waals surface area contributed by atoms with Crippen molar-refractivity contribution in [3.63, 3.8) is 0 Å². The molecule has 0 bridgehead atoms. The van der Waals surface area contributed by atoms with Gasteiger partial charge in [-0.1, -0.05) is 0 Å². The van der Waals surface area contributed by atoms with E-state index in [2.05, 4.69) is 25.3 Å². The van der Waals surface area contributed by atoms with Gasteiger partial charge in [0.1, 0.15) is 18.7 Å². The Morgan fingerprint density at radius 2 is 2.13 bits per heavy atom. The summed E-state index contributed by atoms with van der Waals surface area (Å²) in [5.74, 6) is 0.972. The minimum atomic E-state index is -0.462. The highest BCUT2D eigenvalue weighted by Gasteiger charge is 2.10. The lowest BCUT2D eigenvalue weighted by Crippen LogP contribution is -1.98. The first-order valence-corrected chi connectivity index (χ1v) is 6.61. The fourth-order valence-corrected chi connectivity index (χ4v) is 2.16. The van der Waals surface area contributed by atoms with Crippen LogP contribution in [-0.4, -0.2) is 34.7 Å². The van der Waals surface area contributed by atoms with Gasteiger partial charge in [0.15, 0.2) is 17.1 Å². The van der Waals surface area contributed by atoms with Gasteiger partial charge in [-0.15, -0.1) is 5.10 Å². The van der Waals surface area contributed by atoms with Gasteiger partial charge in [-0.2, -0.15) is 5.10 Å². The van der Waals surface area contributed by atoms with Crippen LogP contribution in [0.15, 0.2) is 36.8 Å². The number of non-ortho nitro benzene ring substituents is 1. The van der Waals surface area contributed by atoms with Gasteiger partial charge < -0.3 is 4.74 Å². The van der Waals surface area contributed by atoms with Crippen LogP contribution in [0.4, 0.5) is 5.69 Å². The van der Waals surface area contributed by atoms with Crippen molar-refractivity contribution in [1.82, 2.24) is 29.8 Å². The van der Waals surface area contributed by atoms with Crippen LogP contribution >= 0.6 is 0 Å².